The molecule has 0 bridgehead atoms. The molecular weight excluding hydrogens is 170 g/mol. The normalized spacial score (nSPS) is 10.5. The molecule has 52 valence electrons. The van der Waals surface area contributed by atoms with Gasteiger partial charge in [-0.15, -0.1) is 11.3 Å². The van der Waals surface area contributed by atoms with Crippen LogP contribution in [0.5, 0.6) is 0 Å². The molecule has 0 spiro atoms. The molecule has 1 aromatic heterocycles. The Morgan fingerprint density at radius 1 is 1.80 bits per heavy atom. The van der Waals surface area contributed by atoms with Crippen LogP contribution >= 0.6 is 22.9 Å². The van der Waals surface area contributed by atoms with Crippen molar-refractivity contribution in [3.05, 3.63) is 22.7 Å². The van der Waals surface area contributed by atoms with Gasteiger partial charge in [-0.2, -0.15) is 0 Å². The topological polar surface area (TPSA) is 30.0 Å². The summed E-state index contributed by atoms with van der Waals surface area (Å²) in [5.41, 5.74) is 0. The molecule has 1 aromatic rings. The number of halogens is 1. The van der Waals surface area contributed by atoms with Gasteiger partial charge in [0.1, 0.15) is 5.01 Å². The SMILES string of the molecule is O=C(Cl)/C=C/c1nccs1. The standard InChI is InChI=1S/C6H4ClNOS/c7-5(9)1-2-6-8-3-4-10-6/h1-4H/b2-1+. The molecular formula is C6H4ClNOS. The van der Waals surface area contributed by atoms with Crippen molar-refractivity contribution < 1.29 is 4.79 Å². The Kier molecular flexibility index (Phi) is 2.59. The summed E-state index contributed by atoms with van der Waals surface area (Å²) >= 11 is 6.50. The van der Waals surface area contributed by atoms with E-state index in [0.29, 0.717) is 0 Å². The lowest BCUT2D eigenvalue weighted by molar-refractivity contribution is -0.107. The van der Waals surface area contributed by atoms with E-state index in [2.05, 4.69) is 4.98 Å². The molecule has 0 saturated carbocycles. The molecule has 0 unspecified atom stereocenters. The Bertz CT molecular complexity index is 242. The summed E-state index contributed by atoms with van der Waals surface area (Å²) in [6.45, 7) is 0. The monoisotopic (exact) mass is 173 g/mol. The second kappa shape index (κ2) is 3.49. The van der Waals surface area contributed by atoms with E-state index in [1.165, 1.54) is 17.4 Å². The maximum absolute atomic E-state index is 10.2. The molecule has 0 aliphatic carbocycles. The zero-order chi connectivity index (χ0) is 7.40. The van der Waals surface area contributed by atoms with Gasteiger partial charge in [0, 0.05) is 17.7 Å². The average Bonchev–Trinajstić information content (AvgIpc) is 2.34. The van der Waals surface area contributed by atoms with Crippen LogP contribution in [0.3, 0.4) is 0 Å². The number of carbonyl (C=O) groups is 1. The molecule has 1 rings (SSSR count). The van der Waals surface area contributed by atoms with E-state index < -0.39 is 5.24 Å². The molecule has 0 aliphatic heterocycles. The third kappa shape index (κ3) is 2.29. The van der Waals surface area contributed by atoms with Gasteiger partial charge in [-0.1, -0.05) is 0 Å². The van der Waals surface area contributed by atoms with E-state index >= 15 is 0 Å². The van der Waals surface area contributed by atoms with Gasteiger partial charge in [0.25, 0.3) is 0 Å². The first-order chi connectivity index (χ1) is 4.79. The maximum Gasteiger partial charge on any atom is 0.245 e. The van der Waals surface area contributed by atoms with Gasteiger partial charge in [-0.05, 0) is 17.7 Å². The third-order valence-corrected chi connectivity index (χ3v) is 1.68. The minimum Gasteiger partial charge on any atom is -0.276 e. The second-order valence-electron chi connectivity index (χ2n) is 1.51. The number of allylic oxidation sites excluding steroid dienone is 1. The molecule has 0 amide bonds. The highest BCUT2D eigenvalue weighted by Crippen LogP contribution is 2.05. The Hall–Kier alpha value is -0.670. The van der Waals surface area contributed by atoms with Crippen molar-refractivity contribution in [1.82, 2.24) is 4.98 Å². The molecule has 0 saturated heterocycles. The average molecular weight is 174 g/mol. The predicted octanol–water partition coefficient (Wildman–Crippen LogP) is 1.92. The van der Waals surface area contributed by atoms with Crippen LogP contribution in [0.1, 0.15) is 5.01 Å². The lowest BCUT2D eigenvalue weighted by Crippen LogP contribution is -1.74. The summed E-state index contributed by atoms with van der Waals surface area (Å²) < 4.78 is 0. The van der Waals surface area contributed by atoms with E-state index in [9.17, 15) is 4.79 Å². The van der Waals surface area contributed by atoms with Crippen LogP contribution in [0, 0.1) is 0 Å². The Balaban J connectivity index is 2.64. The summed E-state index contributed by atoms with van der Waals surface area (Å²) in [6.07, 6.45) is 4.53. The van der Waals surface area contributed by atoms with Crippen LogP contribution in [0.4, 0.5) is 0 Å². The first-order valence-corrected chi connectivity index (χ1v) is 3.82. The number of nitrogens with zero attached hydrogens (tertiary/aromatic N) is 1. The van der Waals surface area contributed by atoms with Gasteiger partial charge in [-0.3, -0.25) is 4.79 Å². The van der Waals surface area contributed by atoms with Gasteiger partial charge < -0.3 is 0 Å². The minimum absolute atomic E-state index is 0.477. The van der Waals surface area contributed by atoms with Crippen molar-refractivity contribution in [2.45, 2.75) is 0 Å². The smallest absolute Gasteiger partial charge is 0.245 e. The fourth-order valence-electron chi connectivity index (χ4n) is 0.454. The van der Waals surface area contributed by atoms with Crippen LogP contribution in [0.2, 0.25) is 0 Å². The summed E-state index contributed by atoms with van der Waals surface area (Å²) in [6, 6.07) is 0. The van der Waals surface area contributed by atoms with Crippen LogP contribution in [0.25, 0.3) is 6.08 Å². The van der Waals surface area contributed by atoms with E-state index in [1.54, 1.807) is 12.3 Å². The summed E-state index contributed by atoms with van der Waals surface area (Å²) in [7, 11) is 0. The van der Waals surface area contributed by atoms with Crippen LogP contribution in [0.15, 0.2) is 17.7 Å². The quantitative estimate of drug-likeness (QED) is 0.505. The van der Waals surface area contributed by atoms with Crippen molar-refractivity contribution in [2.24, 2.45) is 0 Å². The summed E-state index contributed by atoms with van der Waals surface area (Å²) in [4.78, 5) is 14.1. The second-order valence-corrected chi connectivity index (χ2v) is 2.81. The fraction of sp³-hybridized carbons (Fsp3) is 0. The maximum atomic E-state index is 10.2. The zero-order valence-corrected chi connectivity index (χ0v) is 6.52. The van der Waals surface area contributed by atoms with Crippen molar-refractivity contribution in [3.8, 4) is 0 Å². The van der Waals surface area contributed by atoms with Crippen molar-refractivity contribution in [2.75, 3.05) is 0 Å². The number of hydrogen-bond donors (Lipinski definition) is 0. The molecule has 0 fully saturated rings. The highest BCUT2D eigenvalue weighted by Gasteiger charge is 1.88. The number of rotatable bonds is 2. The third-order valence-electron chi connectivity index (χ3n) is 0.808. The van der Waals surface area contributed by atoms with E-state index in [-0.39, 0.29) is 0 Å². The Morgan fingerprint density at radius 2 is 2.60 bits per heavy atom. The number of hydrogen-bond acceptors (Lipinski definition) is 3. The molecule has 10 heavy (non-hydrogen) atoms. The predicted molar refractivity (Wildman–Crippen MR) is 42.0 cm³/mol. The molecule has 0 radical (unpaired) electrons. The molecule has 4 heteroatoms. The van der Waals surface area contributed by atoms with Gasteiger partial charge in [-0.25, -0.2) is 4.98 Å². The van der Waals surface area contributed by atoms with E-state index in [4.69, 9.17) is 11.6 Å². The highest BCUT2D eigenvalue weighted by atomic mass is 35.5. The van der Waals surface area contributed by atoms with Crippen LogP contribution in [-0.2, 0) is 4.79 Å². The minimum atomic E-state index is -0.477. The van der Waals surface area contributed by atoms with E-state index in [0.717, 1.165) is 5.01 Å². The zero-order valence-electron chi connectivity index (χ0n) is 4.95. The summed E-state index contributed by atoms with van der Waals surface area (Å²) in [5, 5.41) is 2.14. The number of carbonyl (C=O) groups excluding carboxylic acids is 1. The molecule has 2 nitrogen and oxygen atoms in total. The van der Waals surface area contributed by atoms with Gasteiger partial charge >= 0.3 is 0 Å². The fourth-order valence-corrected chi connectivity index (χ4v) is 1.05. The van der Waals surface area contributed by atoms with E-state index in [1.807, 2.05) is 5.38 Å². The molecule has 0 N–H and O–H groups in total. The molecule has 1 heterocycles. The number of aromatic nitrogens is 1. The van der Waals surface area contributed by atoms with Gasteiger partial charge in [0.15, 0.2) is 0 Å². The van der Waals surface area contributed by atoms with Gasteiger partial charge in [0.05, 0.1) is 0 Å². The lowest BCUT2D eigenvalue weighted by atomic mass is 10.5. The molecule has 0 aromatic carbocycles. The Morgan fingerprint density at radius 3 is 3.10 bits per heavy atom. The van der Waals surface area contributed by atoms with Crippen LogP contribution in [-0.4, -0.2) is 10.2 Å². The van der Waals surface area contributed by atoms with Crippen molar-refractivity contribution in [1.29, 1.82) is 0 Å². The van der Waals surface area contributed by atoms with Gasteiger partial charge in [0.2, 0.25) is 5.24 Å². The van der Waals surface area contributed by atoms with Crippen molar-refractivity contribution >= 4 is 34.3 Å². The first-order valence-electron chi connectivity index (χ1n) is 2.56. The molecule has 0 aliphatic rings. The van der Waals surface area contributed by atoms with Crippen molar-refractivity contribution in [3.63, 3.8) is 0 Å². The number of thiazole rings is 1. The highest BCUT2D eigenvalue weighted by molar-refractivity contribution is 7.10. The summed E-state index contributed by atoms with van der Waals surface area (Å²) in [5.74, 6) is 0. The largest absolute Gasteiger partial charge is 0.276 e. The molecule has 0 atom stereocenters. The van der Waals surface area contributed by atoms with Crippen LogP contribution < -0.4 is 0 Å². The Labute approximate surface area is 67.2 Å². The first kappa shape index (κ1) is 7.44. The lowest BCUT2D eigenvalue weighted by Gasteiger charge is -1.76.